The summed E-state index contributed by atoms with van der Waals surface area (Å²) in [4.78, 5) is 12.9. The number of unbranched alkanes of at least 4 members (excludes halogenated alkanes) is 1. The van der Waals surface area contributed by atoms with Gasteiger partial charge in [0, 0.05) is 22.8 Å². The highest BCUT2D eigenvalue weighted by molar-refractivity contribution is 5.98. The Morgan fingerprint density at radius 1 is 1.07 bits per heavy atom. The minimum absolute atomic E-state index is 0.0246. The molecule has 1 amide bonds. The van der Waals surface area contributed by atoms with Crippen LogP contribution in [0.3, 0.4) is 0 Å². The van der Waals surface area contributed by atoms with Crippen LogP contribution in [0.1, 0.15) is 79.8 Å². The summed E-state index contributed by atoms with van der Waals surface area (Å²) in [6.45, 7) is 10.7. The third-order valence-corrected chi connectivity index (χ3v) is 5.43. The number of carbonyl (C=O) groups excluding carboxylic acids is 1. The second kappa shape index (κ2) is 8.64. The van der Waals surface area contributed by atoms with Crippen molar-refractivity contribution in [2.45, 2.75) is 66.0 Å². The molecule has 0 spiro atoms. The van der Waals surface area contributed by atoms with Crippen molar-refractivity contribution < 1.29 is 4.79 Å². The van der Waals surface area contributed by atoms with Crippen molar-refractivity contribution in [1.82, 2.24) is 9.88 Å². The molecule has 0 fully saturated rings. The third kappa shape index (κ3) is 4.30. The summed E-state index contributed by atoms with van der Waals surface area (Å²) >= 11 is 0. The molecule has 1 aromatic heterocycles. The van der Waals surface area contributed by atoms with Crippen molar-refractivity contribution in [2.24, 2.45) is 0 Å². The van der Waals surface area contributed by atoms with Gasteiger partial charge in [-0.05, 0) is 75.2 Å². The lowest BCUT2D eigenvalue weighted by Crippen LogP contribution is -2.26. The van der Waals surface area contributed by atoms with Crippen LogP contribution in [-0.2, 0) is 6.42 Å². The summed E-state index contributed by atoms with van der Waals surface area (Å²) < 4.78 is 2.28. The van der Waals surface area contributed by atoms with Crippen LogP contribution in [0.5, 0.6) is 0 Å². The molecule has 1 heterocycles. The number of benzene rings is 2. The molecule has 0 aliphatic heterocycles. The van der Waals surface area contributed by atoms with E-state index in [0.717, 1.165) is 17.5 Å². The van der Waals surface area contributed by atoms with Crippen LogP contribution >= 0.6 is 0 Å². The van der Waals surface area contributed by atoms with Crippen LogP contribution in [0.2, 0.25) is 0 Å². The zero-order chi connectivity index (χ0) is 20.3. The average molecular weight is 377 g/mol. The fourth-order valence-electron chi connectivity index (χ4n) is 3.95. The Kier molecular flexibility index (Phi) is 6.23. The zero-order valence-electron chi connectivity index (χ0n) is 17.8. The van der Waals surface area contributed by atoms with Crippen LogP contribution in [-0.4, -0.2) is 10.5 Å². The second-order valence-corrected chi connectivity index (χ2v) is 8.07. The van der Waals surface area contributed by atoms with Crippen molar-refractivity contribution >= 4 is 16.8 Å². The monoisotopic (exact) mass is 376 g/mol. The Morgan fingerprint density at radius 3 is 2.57 bits per heavy atom. The van der Waals surface area contributed by atoms with E-state index in [1.807, 2.05) is 18.2 Å². The highest BCUT2D eigenvalue weighted by Gasteiger charge is 2.15. The first-order valence-electron chi connectivity index (χ1n) is 10.4. The van der Waals surface area contributed by atoms with Crippen molar-refractivity contribution in [1.29, 1.82) is 0 Å². The van der Waals surface area contributed by atoms with E-state index in [1.165, 1.54) is 29.5 Å². The molecule has 0 bridgehead atoms. The number of rotatable bonds is 7. The van der Waals surface area contributed by atoms with Crippen LogP contribution in [0, 0.1) is 6.92 Å². The SMILES string of the molecule is CCCCc1cccc([C@H](C)NC(=O)c2ccc3cc(C)n(C(C)C)c3c2)c1. The van der Waals surface area contributed by atoms with E-state index in [0.29, 0.717) is 11.6 Å². The zero-order valence-corrected chi connectivity index (χ0v) is 17.8. The minimum Gasteiger partial charge on any atom is -0.346 e. The number of hydrogen-bond donors (Lipinski definition) is 1. The van der Waals surface area contributed by atoms with Gasteiger partial charge in [0.2, 0.25) is 0 Å². The lowest BCUT2D eigenvalue weighted by atomic mass is 10.0. The highest BCUT2D eigenvalue weighted by Crippen LogP contribution is 2.25. The molecule has 0 saturated carbocycles. The van der Waals surface area contributed by atoms with Crippen LogP contribution < -0.4 is 5.32 Å². The van der Waals surface area contributed by atoms with E-state index < -0.39 is 0 Å². The van der Waals surface area contributed by atoms with Crippen LogP contribution in [0.25, 0.3) is 10.9 Å². The molecule has 0 unspecified atom stereocenters. The Bertz CT molecular complexity index is 968. The van der Waals surface area contributed by atoms with Gasteiger partial charge in [-0.25, -0.2) is 0 Å². The summed E-state index contributed by atoms with van der Waals surface area (Å²) in [5, 5.41) is 4.35. The topological polar surface area (TPSA) is 34.0 Å². The van der Waals surface area contributed by atoms with Gasteiger partial charge in [-0.15, -0.1) is 0 Å². The molecule has 0 saturated heterocycles. The van der Waals surface area contributed by atoms with E-state index in [-0.39, 0.29) is 11.9 Å². The summed E-state index contributed by atoms with van der Waals surface area (Å²) in [5.74, 6) is -0.0254. The molecular weight excluding hydrogens is 344 g/mol. The van der Waals surface area contributed by atoms with Crippen molar-refractivity contribution in [2.75, 3.05) is 0 Å². The summed E-state index contributed by atoms with van der Waals surface area (Å²) in [7, 11) is 0. The molecule has 3 heteroatoms. The largest absolute Gasteiger partial charge is 0.346 e. The van der Waals surface area contributed by atoms with E-state index in [1.54, 1.807) is 0 Å². The smallest absolute Gasteiger partial charge is 0.251 e. The predicted octanol–water partition coefficient (Wildman–Crippen LogP) is 6.36. The van der Waals surface area contributed by atoms with Gasteiger partial charge in [0.15, 0.2) is 0 Å². The van der Waals surface area contributed by atoms with E-state index in [9.17, 15) is 4.79 Å². The average Bonchev–Trinajstić information content (AvgIpc) is 3.01. The number of hydrogen-bond acceptors (Lipinski definition) is 1. The molecule has 3 aromatic rings. The first-order chi connectivity index (χ1) is 13.4. The predicted molar refractivity (Wildman–Crippen MR) is 118 cm³/mol. The standard InChI is InChI=1S/C25H32N2O/c1-6-7-9-20-10-8-11-21(15-20)19(5)26-25(28)23-13-12-22-14-18(4)27(17(2)3)24(22)16-23/h8,10-17,19H,6-7,9H2,1-5H3,(H,26,28)/t19-/m0/s1. The normalized spacial score (nSPS) is 12.5. The number of amides is 1. The van der Waals surface area contributed by atoms with Gasteiger partial charge in [0.25, 0.3) is 5.91 Å². The molecule has 0 aliphatic carbocycles. The molecule has 28 heavy (non-hydrogen) atoms. The quantitative estimate of drug-likeness (QED) is 0.511. The maximum Gasteiger partial charge on any atom is 0.251 e. The summed E-state index contributed by atoms with van der Waals surface area (Å²) in [5.41, 5.74) is 5.55. The lowest BCUT2D eigenvalue weighted by molar-refractivity contribution is 0.0940. The molecule has 3 nitrogen and oxygen atoms in total. The van der Waals surface area contributed by atoms with Gasteiger partial charge in [0.1, 0.15) is 0 Å². The summed E-state index contributed by atoms with van der Waals surface area (Å²) in [6.07, 6.45) is 3.48. The third-order valence-electron chi connectivity index (χ3n) is 5.43. The number of carbonyl (C=O) groups is 1. The lowest BCUT2D eigenvalue weighted by Gasteiger charge is -2.16. The van der Waals surface area contributed by atoms with Gasteiger partial charge in [-0.2, -0.15) is 0 Å². The minimum atomic E-state index is -0.0254. The van der Waals surface area contributed by atoms with E-state index in [2.05, 4.69) is 74.8 Å². The second-order valence-electron chi connectivity index (χ2n) is 8.07. The van der Waals surface area contributed by atoms with E-state index >= 15 is 0 Å². The molecule has 2 aromatic carbocycles. The Labute approximate surface area is 168 Å². The maximum atomic E-state index is 12.9. The van der Waals surface area contributed by atoms with Gasteiger partial charge in [-0.1, -0.05) is 43.7 Å². The van der Waals surface area contributed by atoms with Crippen molar-refractivity contribution in [3.63, 3.8) is 0 Å². The fraction of sp³-hybridized carbons (Fsp3) is 0.400. The number of aromatic nitrogens is 1. The molecule has 1 atom stereocenters. The maximum absolute atomic E-state index is 12.9. The van der Waals surface area contributed by atoms with E-state index in [4.69, 9.17) is 0 Å². The van der Waals surface area contributed by atoms with Crippen molar-refractivity contribution in [3.8, 4) is 0 Å². The first-order valence-corrected chi connectivity index (χ1v) is 10.4. The van der Waals surface area contributed by atoms with Crippen molar-refractivity contribution in [3.05, 3.63) is 70.9 Å². The molecule has 3 rings (SSSR count). The fourth-order valence-corrected chi connectivity index (χ4v) is 3.95. The van der Waals surface area contributed by atoms with Crippen LogP contribution in [0.4, 0.5) is 0 Å². The Morgan fingerprint density at radius 2 is 1.86 bits per heavy atom. The number of nitrogens with one attached hydrogen (secondary N) is 1. The highest BCUT2D eigenvalue weighted by atomic mass is 16.1. The molecule has 0 radical (unpaired) electrons. The van der Waals surface area contributed by atoms with Crippen LogP contribution in [0.15, 0.2) is 48.5 Å². The Hall–Kier alpha value is -2.55. The van der Waals surface area contributed by atoms with Gasteiger partial charge >= 0.3 is 0 Å². The Balaban J connectivity index is 1.80. The molecule has 148 valence electrons. The van der Waals surface area contributed by atoms with Gasteiger partial charge < -0.3 is 9.88 Å². The molecule has 0 aliphatic rings. The van der Waals surface area contributed by atoms with Gasteiger partial charge in [0.05, 0.1) is 6.04 Å². The number of fused-ring (bicyclic) bond motifs is 1. The number of aryl methyl sites for hydroxylation is 2. The number of nitrogens with zero attached hydrogens (tertiary/aromatic N) is 1. The summed E-state index contributed by atoms with van der Waals surface area (Å²) in [6, 6.07) is 17.1. The first kappa shape index (κ1) is 20.2. The van der Waals surface area contributed by atoms with Gasteiger partial charge in [-0.3, -0.25) is 4.79 Å². The molecular formula is C25H32N2O. The molecule has 1 N–H and O–H groups in total.